The molecule has 106 valence electrons. The molecule has 8 heteroatoms. The third-order valence-electron chi connectivity index (χ3n) is 2.62. The highest BCUT2D eigenvalue weighted by Gasteiger charge is 2.22. The Balaban J connectivity index is 3.12. The third kappa shape index (κ3) is 4.02. The van der Waals surface area contributed by atoms with Crippen molar-refractivity contribution in [3.63, 3.8) is 0 Å². The molecule has 2 N–H and O–H groups in total. The van der Waals surface area contributed by atoms with Gasteiger partial charge in [-0.3, -0.25) is 10.1 Å². The monoisotopic (exact) mass is 269 g/mol. The number of rotatable bonds is 8. The van der Waals surface area contributed by atoms with Crippen LogP contribution in [0.15, 0.2) is 6.20 Å². The van der Waals surface area contributed by atoms with Gasteiger partial charge in [-0.05, 0) is 6.42 Å². The lowest BCUT2D eigenvalue weighted by atomic mass is 10.3. The maximum atomic E-state index is 11.0. The van der Waals surface area contributed by atoms with Gasteiger partial charge in [0.25, 0.3) is 0 Å². The first kappa shape index (κ1) is 15.1. The maximum Gasteiger partial charge on any atom is 0.329 e. The Morgan fingerprint density at radius 2 is 2.26 bits per heavy atom. The second-order valence-electron chi connectivity index (χ2n) is 3.97. The number of hydrogen-bond donors (Lipinski definition) is 2. The van der Waals surface area contributed by atoms with Gasteiger partial charge in [0.2, 0.25) is 11.8 Å². The van der Waals surface area contributed by atoms with E-state index < -0.39 is 4.92 Å². The van der Waals surface area contributed by atoms with Crippen LogP contribution in [-0.2, 0) is 0 Å². The first-order valence-corrected chi connectivity index (χ1v) is 6.19. The van der Waals surface area contributed by atoms with Gasteiger partial charge in [-0.25, -0.2) is 4.98 Å². The van der Waals surface area contributed by atoms with E-state index in [1.807, 2.05) is 6.92 Å². The Kier molecular flexibility index (Phi) is 5.94. The Morgan fingerprint density at radius 1 is 1.53 bits per heavy atom. The molecule has 0 bridgehead atoms. The SMILES string of the molecule is CCCCN(CCO)c1nc(NC)ncc1[N+](=O)[O-]. The van der Waals surface area contributed by atoms with E-state index in [-0.39, 0.29) is 18.1 Å². The van der Waals surface area contributed by atoms with E-state index >= 15 is 0 Å². The van der Waals surface area contributed by atoms with Crippen LogP contribution in [0, 0.1) is 10.1 Å². The summed E-state index contributed by atoms with van der Waals surface area (Å²) in [5.41, 5.74) is -0.149. The summed E-state index contributed by atoms with van der Waals surface area (Å²) in [5, 5.41) is 22.9. The number of unbranched alkanes of at least 4 members (excludes halogenated alkanes) is 1. The van der Waals surface area contributed by atoms with Crippen LogP contribution < -0.4 is 10.2 Å². The Hall–Kier alpha value is -1.96. The molecule has 0 aliphatic carbocycles. The van der Waals surface area contributed by atoms with E-state index in [0.717, 1.165) is 12.8 Å². The first-order chi connectivity index (χ1) is 9.13. The molecule has 0 atom stereocenters. The molecule has 1 aromatic rings. The van der Waals surface area contributed by atoms with Gasteiger partial charge in [0.15, 0.2) is 0 Å². The number of nitrogens with one attached hydrogen (secondary N) is 1. The summed E-state index contributed by atoms with van der Waals surface area (Å²) in [7, 11) is 1.65. The summed E-state index contributed by atoms with van der Waals surface area (Å²) in [6, 6.07) is 0. The predicted octanol–water partition coefficient (Wildman–Crippen LogP) is 1.03. The second kappa shape index (κ2) is 7.47. The fourth-order valence-corrected chi connectivity index (χ4v) is 1.64. The van der Waals surface area contributed by atoms with Crippen molar-refractivity contribution < 1.29 is 10.0 Å². The molecule has 0 saturated heterocycles. The average molecular weight is 269 g/mol. The molecule has 0 unspecified atom stereocenters. The number of nitro groups is 1. The van der Waals surface area contributed by atoms with Crippen molar-refractivity contribution >= 4 is 17.5 Å². The molecule has 0 radical (unpaired) electrons. The van der Waals surface area contributed by atoms with Crippen molar-refractivity contribution in [1.82, 2.24) is 9.97 Å². The second-order valence-corrected chi connectivity index (χ2v) is 3.97. The molecule has 0 aliphatic rings. The summed E-state index contributed by atoms with van der Waals surface area (Å²) < 4.78 is 0. The van der Waals surface area contributed by atoms with Crippen molar-refractivity contribution in [3.8, 4) is 0 Å². The molecule has 0 spiro atoms. The highest BCUT2D eigenvalue weighted by atomic mass is 16.6. The van der Waals surface area contributed by atoms with Crippen molar-refractivity contribution in [2.24, 2.45) is 0 Å². The zero-order valence-electron chi connectivity index (χ0n) is 11.2. The van der Waals surface area contributed by atoms with Crippen LogP contribution in [0.2, 0.25) is 0 Å². The number of aromatic nitrogens is 2. The molecule has 19 heavy (non-hydrogen) atoms. The van der Waals surface area contributed by atoms with E-state index in [4.69, 9.17) is 5.11 Å². The first-order valence-electron chi connectivity index (χ1n) is 6.19. The lowest BCUT2D eigenvalue weighted by molar-refractivity contribution is -0.384. The highest BCUT2D eigenvalue weighted by Crippen LogP contribution is 2.26. The third-order valence-corrected chi connectivity index (χ3v) is 2.62. The molecular formula is C11H19N5O3. The molecule has 0 aromatic carbocycles. The lowest BCUT2D eigenvalue weighted by Crippen LogP contribution is -2.29. The fourth-order valence-electron chi connectivity index (χ4n) is 1.64. The summed E-state index contributed by atoms with van der Waals surface area (Å²) in [6.07, 6.45) is 3.01. The van der Waals surface area contributed by atoms with Crippen molar-refractivity contribution in [1.29, 1.82) is 0 Å². The molecule has 0 amide bonds. The van der Waals surface area contributed by atoms with E-state index in [1.165, 1.54) is 6.20 Å². The molecule has 0 fully saturated rings. The molecular weight excluding hydrogens is 250 g/mol. The number of hydrogen-bond acceptors (Lipinski definition) is 7. The van der Waals surface area contributed by atoms with Crippen LogP contribution in [-0.4, -0.2) is 46.7 Å². The number of nitrogens with zero attached hydrogens (tertiary/aromatic N) is 4. The van der Waals surface area contributed by atoms with Crippen LogP contribution in [0.5, 0.6) is 0 Å². The van der Waals surface area contributed by atoms with E-state index in [9.17, 15) is 10.1 Å². The van der Waals surface area contributed by atoms with Crippen LogP contribution in [0.3, 0.4) is 0 Å². The van der Waals surface area contributed by atoms with Gasteiger partial charge in [-0.2, -0.15) is 4.98 Å². The van der Waals surface area contributed by atoms with Gasteiger partial charge in [-0.15, -0.1) is 0 Å². The molecule has 1 rings (SSSR count). The smallest absolute Gasteiger partial charge is 0.329 e. The van der Waals surface area contributed by atoms with Gasteiger partial charge in [0.1, 0.15) is 6.20 Å². The highest BCUT2D eigenvalue weighted by molar-refractivity contribution is 5.58. The van der Waals surface area contributed by atoms with E-state index in [1.54, 1.807) is 11.9 Å². The average Bonchev–Trinajstić information content (AvgIpc) is 2.42. The minimum atomic E-state index is -0.509. The van der Waals surface area contributed by atoms with Gasteiger partial charge >= 0.3 is 5.69 Å². The Morgan fingerprint density at radius 3 is 2.79 bits per heavy atom. The molecule has 8 nitrogen and oxygen atoms in total. The maximum absolute atomic E-state index is 11.0. The molecule has 1 aromatic heterocycles. The Labute approximate surface area is 111 Å². The number of aliphatic hydroxyl groups excluding tert-OH is 1. The minimum absolute atomic E-state index is 0.0836. The summed E-state index contributed by atoms with van der Waals surface area (Å²) in [6.45, 7) is 2.86. The largest absolute Gasteiger partial charge is 0.395 e. The van der Waals surface area contributed by atoms with Gasteiger partial charge < -0.3 is 15.3 Å². The predicted molar refractivity (Wildman–Crippen MR) is 72.4 cm³/mol. The Bertz CT molecular complexity index is 427. The van der Waals surface area contributed by atoms with Crippen LogP contribution in [0.1, 0.15) is 19.8 Å². The zero-order valence-corrected chi connectivity index (χ0v) is 11.2. The van der Waals surface area contributed by atoms with E-state index in [2.05, 4.69) is 15.3 Å². The van der Waals surface area contributed by atoms with Crippen LogP contribution >= 0.6 is 0 Å². The molecule has 1 heterocycles. The van der Waals surface area contributed by atoms with Gasteiger partial charge in [0.05, 0.1) is 11.5 Å². The van der Waals surface area contributed by atoms with Gasteiger partial charge in [0, 0.05) is 20.1 Å². The standard InChI is InChI=1S/C11H19N5O3/c1-3-4-5-15(6-7-17)10-9(16(18)19)8-13-11(12-2)14-10/h8,17H,3-7H2,1-2H3,(H,12,13,14). The summed E-state index contributed by atoms with van der Waals surface area (Å²) >= 11 is 0. The number of aliphatic hydroxyl groups is 1. The number of anilines is 2. The topological polar surface area (TPSA) is 104 Å². The minimum Gasteiger partial charge on any atom is -0.395 e. The molecule has 0 saturated carbocycles. The fraction of sp³-hybridized carbons (Fsp3) is 0.636. The molecule has 0 aliphatic heterocycles. The summed E-state index contributed by atoms with van der Waals surface area (Å²) in [4.78, 5) is 20.2. The lowest BCUT2D eigenvalue weighted by Gasteiger charge is -2.22. The van der Waals surface area contributed by atoms with Crippen LogP contribution in [0.25, 0.3) is 0 Å². The summed E-state index contributed by atoms with van der Waals surface area (Å²) in [5.74, 6) is 0.562. The van der Waals surface area contributed by atoms with E-state index in [0.29, 0.717) is 19.0 Å². The quantitative estimate of drug-likeness (QED) is 0.536. The van der Waals surface area contributed by atoms with Crippen molar-refractivity contribution in [2.45, 2.75) is 19.8 Å². The van der Waals surface area contributed by atoms with Crippen molar-refractivity contribution in [2.75, 3.05) is 37.0 Å². The normalized spacial score (nSPS) is 10.3. The van der Waals surface area contributed by atoms with Crippen molar-refractivity contribution in [3.05, 3.63) is 16.3 Å². The van der Waals surface area contributed by atoms with Crippen LogP contribution in [0.4, 0.5) is 17.5 Å². The van der Waals surface area contributed by atoms with Gasteiger partial charge in [-0.1, -0.05) is 13.3 Å². The zero-order chi connectivity index (χ0) is 14.3.